The van der Waals surface area contributed by atoms with Crippen molar-refractivity contribution in [2.45, 2.75) is 31.7 Å². The van der Waals surface area contributed by atoms with Crippen LogP contribution in [0.25, 0.3) is 11.0 Å². The van der Waals surface area contributed by atoms with E-state index in [-0.39, 0.29) is 6.04 Å². The summed E-state index contributed by atoms with van der Waals surface area (Å²) in [5.74, 6) is 0.404. The molecule has 19 heavy (non-hydrogen) atoms. The molecule has 6 nitrogen and oxygen atoms in total. The van der Waals surface area contributed by atoms with Crippen molar-refractivity contribution in [2.75, 3.05) is 6.54 Å². The number of fused-ring (bicyclic) bond motifs is 1. The molecule has 0 saturated carbocycles. The Morgan fingerprint density at radius 1 is 1.21 bits per heavy atom. The van der Waals surface area contributed by atoms with Crippen molar-refractivity contribution in [2.24, 2.45) is 11.5 Å². The quantitative estimate of drug-likeness (QED) is 0.454. The van der Waals surface area contributed by atoms with Crippen LogP contribution >= 0.6 is 0 Å². The lowest BCUT2D eigenvalue weighted by Crippen LogP contribution is -2.35. The van der Waals surface area contributed by atoms with Gasteiger partial charge in [0.2, 0.25) is 5.82 Å². The second-order valence-electron chi connectivity index (χ2n) is 4.58. The van der Waals surface area contributed by atoms with E-state index in [2.05, 4.69) is 10.1 Å². The summed E-state index contributed by atoms with van der Waals surface area (Å²) in [6.45, 7) is 0.697. The predicted molar refractivity (Wildman–Crippen MR) is 72.9 cm³/mol. The number of hydrogen-bond acceptors (Lipinski definition) is 5. The molecule has 1 aromatic carbocycles. The van der Waals surface area contributed by atoms with Crippen molar-refractivity contribution >= 4 is 11.0 Å². The molecule has 0 aliphatic rings. The highest BCUT2D eigenvalue weighted by Crippen LogP contribution is 2.14. The van der Waals surface area contributed by atoms with E-state index >= 15 is 0 Å². The number of nitrogens with zero attached hydrogens (tertiary/aromatic N) is 3. The minimum absolute atomic E-state index is 0.303. The summed E-state index contributed by atoms with van der Waals surface area (Å²) in [5, 5.41) is 15.7. The summed E-state index contributed by atoms with van der Waals surface area (Å²) < 4.78 is 0. The Bertz CT molecular complexity index is 546. The first-order valence-corrected chi connectivity index (χ1v) is 6.54. The van der Waals surface area contributed by atoms with Crippen LogP contribution in [0.3, 0.4) is 0 Å². The van der Waals surface area contributed by atoms with Crippen LogP contribution in [0.1, 0.15) is 37.5 Å². The summed E-state index contributed by atoms with van der Waals surface area (Å²) in [6, 6.07) is 6.80. The molecule has 0 saturated heterocycles. The number of aromatic nitrogens is 3. The van der Waals surface area contributed by atoms with Gasteiger partial charge in [-0.3, -0.25) is 0 Å². The van der Waals surface area contributed by atoms with E-state index in [1.807, 2.05) is 6.07 Å². The molecular formula is C13H19N5O. The highest BCUT2D eigenvalue weighted by Gasteiger charge is 2.16. The first kappa shape index (κ1) is 13.6. The van der Waals surface area contributed by atoms with Gasteiger partial charge >= 0.3 is 0 Å². The van der Waals surface area contributed by atoms with Crippen LogP contribution in [0.5, 0.6) is 0 Å². The molecular weight excluding hydrogens is 242 g/mol. The Balaban J connectivity index is 2.11. The van der Waals surface area contributed by atoms with Gasteiger partial charge in [0.05, 0.1) is 6.04 Å². The van der Waals surface area contributed by atoms with Crippen LogP contribution in [-0.2, 0) is 0 Å². The summed E-state index contributed by atoms with van der Waals surface area (Å²) >= 11 is 0. The summed E-state index contributed by atoms with van der Waals surface area (Å²) in [6.07, 6.45) is 3.76. The Labute approximate surface area is 112 Å². The highest BCUT2D eigenvalue weighted by atomic mass is 16.5. The number of benzene rings is 1. The molecule has 2 aromatic rings. The molecule has 2 rings (SSSR count). The van der Waals surface area contributed by atoms with Gasteiger partial charge in [0.15, 0.2) is 0 Å². The lowest BCUT2D eigenvalue weighted by Gasteiger charge is -2.09. The third-order valence-corrected chi connectivity index (χ3v) is 3.07. The molecule has 6 heteroatoms. The molecule has 1 atom stereocenters. The Hall–Kier alpha value is -1.79. The molecule has 4 N–H and O–H groups in total. The average molecular weight is 261 g/mol. The third-order valence-electron chi connectivity index (χ3n) is 3.07. The predicted octanol–water partition coefficient (Wildman–Crippen LogP) is 0.782. The number of nitrogens with two attached hydrogens (primary N) is 2. The van der Waals surface area contributed by atoms with Gasteiger partial charge in [0.25, 0.3) is 5.52 Å². The summed E-state index contributed by atoms with van der Waals surface area (Å²) in [5.41, 5.74) is 12.6. The maximum Gasteiger partial charge on any atom is 0.270 e. The molecule has 0 aliphatic carbocycles. The lowest BCUT2D eigenvalue weighted by atomic mass is 10.1. The Kier molecular flexibility index (Phi) is 4.59. The molecule has 1 heterocycles. The van der Waals surface area contributed by atoms with Crippen LogP contribution in [0.15, 0.2) is 24.3 Å². The van der Waals surface area contributed by atoms with Gasteiger partial charge in [-0.1, -0.05) is 25.0 Å². The fourth-order valence-electron chi connectivity index (χ4n) is 1.98. The van der Waals surface area contributed by atoms with Gasteiger partial charge in [-0.2, -0.15) is 0 Å². The largest absolute Gasteiger partial charge is 0.594 e. The van der Waals surface area contributed by atoms with E-state index in [0.29, 0.717) is 28.2 Å². The Morgan fingerprint density at radius 2 is 2.00 bits per heavy atom. The smallest absolute Gasteiger partial charge is 0.270 e. The molecule has 0 radical (unpaired) electrons. The Morgan fingerprint density at radius 3 is 2.79 bits per heavy atom. The molecule has 0 spiro atoms. The van der Waals surface area contributed by atoms with E-state index in [9.17, 15) is 5.21 Å². The molecule has 0 aliphatic heterocycles. The molecule has 0 amide bonds. The lowest BCUT2D eigenvalue weighted by molar-refractivity contribution is -0.644. The number of hydrogen-bond donors (Lipinski definition) is 2. The second kappa shape index (κ2) is 6.40. The van der Waals surface area contributed by atoms with Gasteiger partial charge in [-0.25, -0.2) is 4.98 Å². The average Bonchev–Trinajstić information content (AvgIpc) is 2.43. The zero-order valence-corrected chi connectivity index (χ0v) is 10.8. The minimum atomic E-state index is -0.303. The fraction of sp³-hybridized carbons (Fsp3) is 0.462. The van der Waals surface area contributed by atoms with Gasteiger partial charge in [-0.05, 0) is 30.3 Å². The number of rotatable bonds is 6. The van der Waals surface area contributed by atoms with E-state index in [4.69, 9.17) is 11.5 Å². The van der Waals surface area contributed by atoms with Crippen molar-refractivity contribution < 1.29 is 4.85 Å². The normalized spacial score (nSPS) is 12.7. The van der Waals surface area contributed by atoms with Gasteiger partial charge in [0, 0.05) is 11.2 Å². The van der Waals surface area contributed by atoms with E-state index < -0.39 is 0 Å². The van der Waals surface area contributed by atoms with Crippen LogP contribution in [0.4, 0.5) is 0 Å². The summed E-state index contributed by atoms with van der Waals surface area (Å²) in [7, 11) is 0. The van der Waals surface area contributed by atoms with Crippen molar-refractivity contribution in [3.63, 3.8) is 0 Å². The molecule has 1 unspecified atom stereocenters. The molecule has 1 aromatic heterocycles. The van der Waals surface area contributed by atoms with Gasteiger partial charge in [-0.15, -0.1) is 0 Å². The number of para-hydroxylation sites is 2. The standard InChI is InChI=1S/C13H19N5O/c14-9-5-1-2-6-10(15)13-16-11-7-3-4-8-12(11)18(19)17-13/h3-4,7-8,10H,1-2,5-6,9,14-15H2. The molecule has 0 bridgehead atoms. The van der Waals surface area contributed by atoms with Crippen LogP contribution in [0.2, 0.25) is 0 Å². The van der Waals surface area contributed by atoms with Gasteiger partial charge < -0.3 is 16.7 Å². The first-order chi connectivity index (χ1) is 9.22. The number of unbranched alkanes of at least 4 members (excludes halogenated alkanes) is 2. The topological polar surface area (TPSA) is 105 Å². The first-order valence-electron chi connectivity index (χ1n) is 6.54. The second-order valence-corrected chi connectivity index (χ2v) is 4.58. The van der Waals surface area contributed by atoms with Gasteiger partial charge in [0.1, 0.15) is 5.52 Å². The zero-order valence-electron chi connectivity index (χ0n) is 10.8. The van der Waals surface area contributed by atoms with Crippen molar-refractivity contribution in [1.82, 2.24) is 10.1 Å². The molecule has 102 valence electrons. The maximum atomic E-state index is 11.8. The van der Waals surface area contributed by atoms with Crippen LogP contribution in [-0.4, -0.2) is 16.6 Å². The van der Waals surface area contributed by atoms with Crippen molar-refractivity contribution in [3.05, 3.63) is 35.3 Å². The van der Waals surface area contributed by atoms with Crippen LogP contribution < -0.4 is 16.3 Å². The minimum Gasteiger partial charge on any atom is -0.594 e. The summed E-state index contributed by atoms with van der Waals surface area (Å²) in [4.78, 5) is 4.95. The highest BCUT2D eigenvalue weighted by molar-refractivity contribution is 5.70. The van der Waals surface area contributed by atoms with E-state index in [0.717, 1.165) is 25.7 Å². The SMILES string of the molecule is NCCCCCC(N)c1nc2ccccc2[n+]([O-])n1. The zero-order chi connectivity index (χ0) is 13.7. The van der Waals surface area contributed by atoms with Crippen molar-refractivity contribution in [1.29, 1.82) is 0 Å². The third kappa shape index (κ3) is 3.36. The van der Waals surface area contributed by atoms with E-state index in [1.165, 1.54) is 0 Å². The fourth-order valence-corrected chi connectivity index (χ4v) is 1.98. The van der Waals surface area contributed by atoms with Crippen LogP contribution in [0, 0.1) is 5.21 Å². The van der Waals surface area contributed by atoms with Crippen molar-refractivity contribution in [3.8, 4) is 0 Å². The van der Waals surface area contributed by atoms with E-state index in [1.54, 1.807) is 18.2 Å². The maximum absolute atomic E-state index is 11.8. The monoisotopic (exact) mass is 261 g/mol. The molecule has 0 fully saturated rings.